The van der Waals surface area contributed by atoms with E-state index in [-0.39, 0.29) is 11.5 Å². The van der Waals surface area contributed by atoms with Crippen molar-refractivity contribution in [1.29, 1.82) is 0 Å². The maximum atomic E-state index is 6.06. The van der Waals surface area contributed by atoms with Crippen molar-refractivity contribution in [1.82, 2.24) is 0 Å². The van der Waals surface area contributed by atoms with Gasteiger partial charge in [0, 0.05) is 29.3 Å². The van der Waals surface area contributed by atoms with E-state index < -0.39 is 0 Å². The molecule has 1 heterocycles. The highest BCUT2D eigenvalue weighted by molar-refractivity contribution is 5.72. The molecule has 1 fully saturated rings. The van der Waals surface area contributed by atoms with Gasteiger partial charge in [-0.05, 0) is 18.6 Å². The fraction of sp³-hybridized carbons (Fsp3) is 0.500. The van der Waals surface area contributed by atoms with Crippen LogP contribution in [0.2, 0.25) is 0 Å². The van der Waals surface area contributed by atoms with Crippen LogP contribution in [0.5, 0.6) is 11.5 Å². The second-order valence-electron chi connectivity index (χ2n) is 4.54. The number of nitrogens with one attached hydrogen (secondary N) is 1. The van der Waals surface area contributed by atoms with Crippen LogP contribution in [0.1, 0.15) is 12.0 Å². The van der Waals surface area contributed by atoms with Gasteiger partial charge in [-0.15, -0.1) is 0 Å². The Kier molecular flexibility index (Phi) is 1.86. The van der Waals surface area contributed by atoms with Gasteiger partial charge in [0.2, 0.25) is 0 Å². The molecule has 0 aromatic heterocycles. The lowest BCUT2D eigenvalue weighted by Crippen LogP contribution is -2.20. The lowest BCUT2D eigenvalue weighted by atomic mass is 9.96. The predicted octanol–water partition coefficient (Wildman–Crippen LogP) is 1.10. The average molecular weight is 220 g/mol. The second kappa shape index (κ2) is 3.04. The number of nitrogens with two attached hydrogens (primary N) is 1. The number of rotatable bonds is 2. The van der Waals surface area contributed by atoms with E-state index in [0.29, 0.717) is 0 Å². The average Bonchev–Trinajstić information content (AvgIpc) is 2.79. The Morgan fingerprint density at radius 1 is 1.38 bits per heavy atom. The molecule has 1 saturated carbocycles. The van der Waals surface area contributed by atoms with Crippen LogP contribution in [0, 0.1) is 0 Å². The van der Waals surface area contributed by atoms with Crippen LogP contribution in [-0.4, -0.2) is 26.8 Å². The van der Waals surface area contributed by atoms with Crippen molar-refractivity contribution in [3.8, 4) is 11.5 Å². The molecule has 16 heavy (non-hydrogen) atoms. The summed E-state index contributed by atoms with van der Waals surface area (Å²) in [6.07, 6.45) is 1.02. The van der Waals surface area contributed by atoms with E-state index in [2.05, 4.69) is 5.32 Å². The summed E-state index contributed by atoms with van der Waals surface area (Å²) in [5.74, 6) is 1.61. The maximum absolute atomic E-state index is 6.06. The first kappa shape index (κ1) is 9.78. The molecule has 0 amide bonds. The summed E-state index contributed by atoms with van der Waals surface area (Å²) in [6, 6.07) is 4.20. The van der Waals surface area contributed by atoms with Crippen LogP contribution in [0.3, 0.4) is 0 Å². The Morgan fingerprint density at radius 3 is 2.69 bits per heavy atom. The standard InChI is InChI=1S/C12H16N2O2/c1-15-8-4-3-7-10(11(8)16-2)12(6-14-7)5-9(12)13/h3-4,9,14H,5-6,13H2,1-2H3. The molecule has 4 nitrogen and oxygen atoms in total. The van der Waals surface area contributed by atoms with E-state index in [1.54, 1.807) is 14.2 Å². The van der Waals surface area contributed by atoms with Crippen LogP contribution < -0.4 is 20.5 Å². The summed E-state index contributed by atoms with van der Waals surface area (Å²) in [4.78, 5) is 0. The van der Waals surface area contributed by atoms with E-state index in [9.17, 15) is 0 Å². The summed E-state index contributed by atoms with van der Waals surface area (Å²) >= 11 is 0. The molecule has 3 rings (SSSR count). The molecule has 1 aliphatic heterocycles. The molecule has 1 spiro atoms. The number of methoxy groups -OCH3 is 2. The normalized spacial score (nSPS) is 29.8. The number of hydrogen-bond acceptors (Lipinski definition) is 4. The molecular formula is C12H16N2O2. The van der Waals surface area contributed by atoms with Crippen molar-refractivity contribution in [2.75, 3.05) is 26.1 Å². The third-order valence-corrected chi connectivity index (χ3v) is 3.77. The SMILES string of the molecule is COc1ccc2c(c1OC)C1(CN2)CC1N. The quantitative estimate of drug-likeness (QED) is 0.783. The molecule has 86 valence electrons. The van der Waals surface area contributed by atoms with Gasteiger partial charge >= 0.3 is 0 Å². The minimum absolute atomic E-state index is 0.0786. The van der Waals surface area contributed by atoms with E-state index in [1.165, 1.54) is 5.56 Å². The first-order valence-corrected chi connectivity index (χ1v) is 5.48. The van der Waals surface area contributed by atoms with E-state index in [1.807, 2.05) is 12.1 Å². The zero-order valence-electron chi connectivity index (χ0n) is 9.54. The van der Waals surface area contributed by atoms with Crippen LogP contribution in [-0.2, 0) is 5.41 Å². The number of anilines is 1. The van der Waals surface area contributed by atoms with E-state index >= 15 is 0 Å². The first-order chi connectivity index (χ1) is 7.73. The summed E-state index contributed by atoms with van der Waals surface area (Å²) in [5, 5.41) is 3.39. The summed E-state index contributed by atoms with van der Waals surface area (Å²) in [6.45, 7) is 0.910. The molecule has 2 aliphatic rings. The Bertz CT molecular complexity index is 447. The van der Waals surface area contributed by atoms with Gasteiger partial charge in [-0.2, -0.15) is 0 Å². The van der Waals surface area contributed by atoms with Crippen LogP contribution in [0.4, 0.5) is 5.69 Å². The largest absolute Gasteiger partial charge is 0.493 e. The molecule has 0 radical (unpaired) electrons. The monoisotopic (exact) mass is 220 g/mol. The molecule has 1 aliphatic carbocycles. The Balaban J connectivity index is 2.19. The van der Waals surface area contributed by atoms with Crippen molar-refractivity contribution in [3.63, 3.8) is 0 Å². The van der Waals surface area contributed by atoms with Crippen LogP contribution >= 0.6 is 0 Å². The van der Waals surface area contributed by atoms with Gasteiger partial charge in [-0.1, -0.05) is 0 Å². The van der Waals surface area contributed by atoms with Gasteiger partial charge in [-0.25, -0.2) is 0 Å². The first-order valence-electron chi connectivity index (χ1n) is 5.48. The van der Waals surface area contributed by atoms with Gasteiger partial charge in [0.05, 0.1) is 14.2 Å². The zero-order valence-corrected chi connectivity index (χ0v) is 9.54. The number of fused-ring (bicyclic) bond motifs is 2. The third-order valence-electron chi connectivity index (χ3n) is 3.77. The molecular weight excluding hydrogens is 204 g/mol. The van der Waals surface area contributed by atoms with Gasteiger partial charge in [-0.3, -0.25) is 0 Å². The van der Waals surface area contributed by atoms with Crippen molar-refractivity contribution >= 4 is 5.69 Å². The van der Waals surface area contributed by atoms with Crippen LogP contribution in [0.25, 0.3) is 0 Å². The number of benzene rings is 1. The summed E-state index contributed by atoms with van der Waals surface area (Å²) in [7, 11) is 3.34. The van der Waals surface area contributed by atoms with Crippen molar-refractivity contribution in [2.24, 2.45) is 5.73 Å². The highest BCUT2D eigenvalue weighted by Gasteiger charge is 2.58. The summed E-state index contributed by atoms with van der Waals surface area (Å²) in [5.41, 5.74) is 8.46. The number of hydrogen-bond donors (Lipinski definition) is 2. The van der Waals surface area contributed by atoms with Gasteiger partial charge in [0.1, 0.15) is 0 Å². The fourth-order valence-electron chi connectivity index (χ4n) is 2.73. The zero-order chi connectivity index (χ0) is 11.3. The number of ether oxygens (including phenoxy) is 2. The molecule has 1 aromatic carbocycles. The Hall–Kier alpha value is -1.42. The molecule has 2 unspecified atom stereocenters. The lowest BCUT2D eigenvalue weighted by Gasteiger charge is -2.15. The predicted molar refractivity (Wildman–Crippen MR) is 62.3 cm³/mol. The van der Waals surface area contributed by atoms with Gasteiger partial charge in [0.15, 0.2) is 11.5 Å². The topological polar surface area (TPSA) is 56.5 Å². The molecule has 3 N–H and O–H groups in total. The Morgan fingerprint density at radius 2 is 2.12 bits per heavy atom. The third kappa shape index (κ3) is 1.02. The van der Waals surface area contributed by atoms with Crippen molar-refractivity contribution in [2.45, 2.75) is 17.9 Å². The van der Waals surface area contributed by atoms with Gasteiger partial charge < -0.3 is 20.5 Å². The lowest BCUT2D eigenvalue weighted by molar-refractivity contribution is 0.350. The van der Waals surface area contributed by atoms with E-state index in [0.717, 1.165) is 30.2 Å². The molecule has 0 bridgehead atoms. The Labute approximate surface area is 94.7 Å². The van der Waals surface area contributed by atoms with E-state index in [4.69, 9.17) is 15.2 Å². The maximum Gasteiger partial charge on any atom is 0.166 e. The molecule has 4 heteroatoms. The smallest absolute Gasteiger partial charge is 0.166 e. The fourth-order valence-corrected chi connectivity index (χ4v) is 2.73. The molecule has 2 atom stereocenters. The van der Waals surface area contributed by atoms with Gasteiger partial charge in [0.25, 0.3) is 0 Å². The highest BCUT2D eigenvalue weighted by atomic mass is 16.5. The van der Waals surface area contributed by atoms with Crippen molar-refractivity contribution < 1.29 is 9.47 Å². The summed E-state index contributed by atoms with van der Waals surface area (Å²) < 4.78 is 10.8. The minimum atomic E-state index is 0.0786. The molecule has 0 saturated heterocycles. The van der Waals surface area contributed by atoms with Crippen LogP contribution in [0.15, 0.2) is 12.1 Å². The highest BCUT2D eigenvalue weighted by Crippen LogP contribution is 2.58. The second-order valence-corrected chi connectivity index (χ2v) is 4.54. The minimum Gasteiger partial charge on any atom is -0.493 e. The van der Waals surface area contributed by atoms with Crippen molar-refractivity contribution in [3.05, 3.63) is 17.7 Å². The molecule has 1 aromatic rings.